The molecule has 0 bridgehead atoms. The summed E-state index contributed by atoms with van der Waals surface area (Å²) >= 11 is 11.2. The third-order valence-electron chi connectivity index (χ3n) is 2.35. The van der Waals surface area contributed by atoms with Gasteiger partial charge in [-0.2, -0.15) is 0 Å². The Kier molecular flexibility index (Phi) is 2.32. The second kappa shape index (κ2) is 2.76. The molecule has 1 saturated heterocycles. The van der Waals surface area contributed by atoms with Crippen LogP contribution in [0.5, 0.6) is 0 Å². The molecule has 1 N–H and O–H groups in total. The number of aliphatic hydroxyl groups is 1. The van der Waals surface area contributed by atoms with Crippen molar-refractivity contribution in [3.8, 4) is 0 Å². The number of cyclic esters (lactones) is 1. The number of esters is 1. The quantitative estimate of drug-likeness (QED) is 0.520. The van der Waals surface area contributed by atoms with E-state index in [-0.39, 0.29) is 5.88 Å². The molecule has 12 heavy (non-hydrogen) atoms. The predicted octanol–water partition coefficient (Wildman–Crippen LogP) is 0.899. The molecule has 0 aromatic carbocycles. The van der Waals surface area contributed by atoms with Crippen LogP contribution in [-0.4, -0.2) is 33.5 Å². The molecule has 5 heteroatoms. The zero-order chi connectivity index (χ0) is 9.57. The molecule has 70 valence electrons. The summed E-state index contributed by atoms with van der Waals surface area (Å²) in [6.45, 7) is 3.00. The van der Waals surface area contributed by atoms with E-state index in [2.05, 4.69) is 0 Å². The summed E-state index contributed by atoms with van der Waals surface area (Å²) in [5, 5.41) is 8.75. The molecule has 0 unspecified atom stereocenters. The summed E-state index contributed by atoms with van der Waals surface area (Å²) in [5.41, 5.74) is -2.49. The molecule has 0 spiro atoms. The summed E-state index contributed by atoms with van der Waals surface area (Å²) in [6.07, 6.45) is 0. The van der Waals surface area contributed by atoms with Gasteiger partial charge in [-0.25, -0.2) is 0 Å². The summed E-state index contributed by atoms with van der Waals surface area (Å²) in [4.78, 5) is 11.0. The van der Waals surface area contributed by atoms with Crippen LogP contribution in [-0.2, 0) is 9.53 Å². The molecule has 1 fully saturated rings. The lowest BCUT2D eigenvalue weighted by Gasteiger charge is -2.32. The average Bonchev–Trinajstić information content (AvgIpc) is 2.14. The van der Waals surface area contributed by atoms with Gasteiger partial charge in [-0.15, -0.1) is 23.2 Å². The van der Waals surface area contributed by atoms with Crippen molar-refractivity contribution in [2.45, 2.75) is 30.4 Å². The van der Waals surface area contributed by atoms with Crippen molar-refractivity contribution in [1.29, 1.82) is 0 Å². The molecule has 0 radical (unpaired) electrons. The Bertz CT molecular complexity index is 214. The van der Waals surface area contributed by atoms with Crippen molar-refractivity contribution >= 4 is 29.2 Å². The number of carbonyl (C=O) groups is 1. The maximum Gasteiger partial charge on any atom is 0.327 e. The Morgan fingerprint density at radius 1 is 1.67 bits per heavy atom. The maximum atomic E-state index is 11.0. The molecule has 0 aliphatic carbocycles. The van der Waals surface area contributed by atoms with Crippen LogP contribution in [0.25, 0.3) is 0 Å². The van der Waals surface area contributed by atoms with E-state index in [9.17, 15) is 9.90 Å². The monoisotopic (exact) mass is 212 g/mol. The van der Waals surface area contributed by atoms with Crippen molar-refractivity contribution in [3.05, 3.63) is 0 Å². The van der Waals surface area contributed by atoms with E-state index in [1.807, 2.05) is 0 Å². The van der Waals surface area contributed by atoms with Crippen molar-refractivity contribution in [2.24, 2.45) is 0 Å². The second-order valence-corrected chi connectivity index (χ2v) is 4.00. The molecule has 1 heterocycles. The number of halogens is 2. The first-order valence-corrected chi connectivity index (χ1v) is 4.47. The van der Waals surface area contributed by atoms with Crippen LogP contribution in [0, 0.1) is 0 Å². The number of hydrogen-bond donors (Lipinski definition) is 1. The Morgan fingerprint density at radius 3 is 2.33 bits per heavy atom. The van der Waals surface area contributed by atoms with Crippen LogP contribution in [0.15, 0.2) is 0 Å². The summed E-state index contributed by atoms with van der Waals surface area (Å²) in [5.74, 6) is -0.598. The number of alkyl halides is 2. The zero-order valence-corrected chi connectivity index (χ0v) is 8.32. The van der Waals surface area contributed by atoms with Crippen molar-refractivity contribution in [1.82, 2.24) is 0 Å². The zero-order valence-electron chi connectivity index (χ0n) is 6.80. The number of carbonyl (C=O) groups excluding carboxylic acids is 1. The van der Waals surface area contributed by atoms with Gasteiger partial charge < -0.3 is 9.84 Å². The SMILES string of the molecule is C[C@]1(CCl)OC(=O)[C@@H](Cl)[C@@]1(C)O. The lowest BCUT2D eigenvalue weighted by atomic mass is 9.87. The molecule has 1 aliphatic rings. The number of hydrogen-bond acceptors (Lipinski definition) is 3. The molecule has 1 aliphatic heterocycles. The predicted molar refractivity (Wildman–Crippen MR) is 45.5 cm³/mol. The van der Waals surface area contributed by atoms with Gasteiger partial charge in [0.15, 0.2) is 11.0 Å². The first-order chi connectivity index (χ1) is 5.35. The van der Waals surface area contributed by atoms with E-state index in [0.29, 0.717) is 0 Å². The normalized spacial score (nSPS) is 47.8. The molecule has 0 aromatic heterocycles. The van der Waals surface area contributed by atoms with Gasteiger partial charge >= 0.3 is 5.97 Å². The van der Waals surface area contributed by atoms with Gasteiger partial charge in [0.05, 0.1) is 5.88 Å². The highest BCUT2D eigenvalue weighted by Crippen LogP contribution is 2.40. The fraction of sp³-hybridized carbons (Fsp3) is 0.857. The molecule has 0 aromatic rings. The largest absolute Gasteiger partial charge is 0.454 e. The maximum absolute atomic E-state index is 11.0. The minimum absolute atomic E-state index is 0.0228. The van der Waals surface area contributed by atoms with Crippen molar-refractivity contribution in [2.75, 3.05) is 5.88 Å². The Balaban J connectivity index is 3.02. The van der Waals surface area contributed by atoms with Gasteiger partial charge in [-0.3, -0.25) is 4.79 Å². The second-order valence-electron chi connectivity index (χ2n) is 3.30. The lowest BCUT2D eigenvalue weighted by molar-refractivity contribution is -0.150. The van der Waals surface area contributed by atoms with Gasteiger partial charge in [0.25, 0.3) is 0 Å². The summed E-state index contributed by atoms with van der Waals surface area (Å²) < 4.78 is 4.87. The molecule has 0 amide bonds. The van der Waals surface area contributed by atoms with E-state index in [1.165, 1.54) is 6.92 Å². The molecular formula is C7H10Cl2O3. The average molecular weight is 213 g/mol. The topological polar surface area (TPSA) is 46.5 Å². The third kappa shape index (κ3) is 1.11. The highest BCUT2D eigenvalue weighted by Gasteiger charge is 2.60. The van der Waals surface area contributed by atoms with Crippen LogP contribution in [0.2, 0.25) is 0 Å². The van der Waals surface area contributed by atoms with Crippen LogP contribution < -0.4 is 0 Å². The fourth-order valence-corrected chi connectivity index (χ4v) is 1.64. The summed E-state index contributed by atoms with van der Waals surface area (Å²) in [6, 6.07) is 0. The van der Waals surface area contributed by atoms with Crippen LogP contribution >= 0.6 is 23.2 Å². The van der Waals surface area contributed by atoms with Gasteiger partial charge in [-0.05, 0) is 13.8 Å². The standard InChI is InChI=1S/C7H10Cl2O3/c1-6(3-8)7(2,11)4(9)5(10)12-6/h4,11H,3H2,1-2H3/t4-,6-,7-/m1/s1. The highest BCUT2D eigenvalue weighted by atomic mass is 35.5. The van der Waals surface area contributed by atoms with Crippen LogP contribution in [0.1, 0.15) is 13.8 Å². The van der Waals surface area contributed by atoms with Crippen LogP contribution in [0.3, 0.4) is 0 Å². The van der Waals surface area contributed by atoms with Gasteiger partial charge in [-0.1, -0.05) is 0 Å². The molecule has 1 rings (SSSR count). The van der Waals surface area contributed by atoms with Gasteiger partial charge in [0.2, 0.25) is 0 Å². The minimum Gasteiger partial charge on any atom is -0.454 e. The molecule has 3 nitrogen and oxygen atoms in total. The minimum atomic E-state index is -1.41. The number of rotatable bonds is 1. The number of ether oxygens (including phenoxy) is 1. The first-order valence-electron chi connectivity index (χ1n) is 3.50. The van der Waals surface area contributed by atoms with E-state index >= 15 is 0 Å². The van der Waals surface area contributed by atoms with E-state index < -0.39 is 22.5 Å². The van der Waals surface area contributed by atoms with Gasteiger partial charge in [0.1, 0.15) is 5.60 Å². The third-order valence-corrected chi connectivity index (χ3v) is 3.47. The van der Waals surface area contributed by atoms with E-state index in [1.54, 1.807) is 6.92 Å². The summed E-state index contributed by atoms with van der Waals surface area (Å²) in [7, 11) is 0. The van der Waals surface area contributed by atoms with E-state index in [4.69, 9.17) is 27.9 Å². The molecular weight excluding hydrogens is 203 g/mol. The molecule has 3 atom stereocenters. The smallest absolute Gasteiger partial charge is 0.327 e. The van der Waals surface area contributed by atoms with E-state index in [0.717, 1.165) is 0 Å². The van der Waals surface area contributed by atoms with Crippen molar-refractivity contribution in [3.63, 3.8) is 0 Å². The Labute approximate surface area is 80.6 Å². The van der Waals surface area contributed by atoms with Crippen LogP contribution in [0.4, 0.5) is 0 Å². The Hall–Kier alpha value is 0.01000. The fourth-order valence-electron chi connectivity index (χ4n) is 1.04. The highest BCUT2D eigenvalue weighted by molar-refractivity contribution is 6.32. The first kappa shape index (κ1) is 10.1. The Morgan fingerprint density at radius 2 is 2.17 bits per heavy atom. The lowest BCUT2D eigenvalue weighted by Crippen LogP contribution is -2.51. The molecule has 0 saturated carbocycles. The van der Waals surface area contributed by atoms with Crippen molar-refractivity contribution < 1.29 is 14.6 Å². The van der Waals surface area contributed by atoms with Gasteiger partial charge in [0, 0.05) is 0 Å².